The Morgan fingerprint density at radius 1 is 0.640 bits per heavy atom. The van der Waals surface area contributed by atoms with E-state index in [9.17, 15) is 5.11 Å². The number of pyridine rings is 1. The normalized spacial score (nSPS) is 10.9. The number of nitrogens with zero attached hydrogens (tertiary/aromatic N) is 1. The minimum absolute atomic E-state index is 0.305. The number of aromatic hydroxyl groups is 1. The van der Waals surface area contributed by atoms with Crippen molar-refractivity contribution in [3.8, 4) is 5.75 Å². The predicted molar refractivity (Wildman–Crippen MR) is 101 cm³/mol. The summed E-state index contributed by atoms with van der Waals surface area (Å²) in [5.74, 6) is 0.305. The molecule has 0 atom stereocenters. The van der Waals surface area contributed by atoms with Crippen LogP contribution in [0.5, 0.6) is 5.75 Å². The lowest BCUT2D eigenvalue weighted by Gasteiger charge is -2.08. The van der Waals surface area contributed by atoms with Crippen LogP contribution in [-0.4, -0.2) is 5.11 Å². The van der Waals surface area contributed by atoms with Gasteiger partial charge in [0.2, 0.25) is 5.52 Å². The van der Waals surface area contributed by atoms with Crippen LogP contribution in [0.2, 0.25) is 0 Å². The van der Waals surface area contributed by atoms with Crippen molar-refractivity contribution in [2.75, 3.05) is 0 Å². The van der Waals surface area contributed by atoms with Gasteiger partial charge in [-0.3, -0.25) is 0 Å². The summed E-state index contributed by atoms with van der Waals surface area (Å²) in [6.45, 7) is 0.843. The van der Waals surface area contributed by atoms with Gasteiger partial charge in [0.15, 0.2) is 12.2 Å². The van der Waals surface area contributed by atoms with Gasteiger partial charge in [-0.15, -0.1) is 0 Å². The molecule has 4 rings (SSSR count). The number of phenolic OH excluding ortho intramolecular Hbond substituents is 1. The van der Waals surface area contributed by atoms with E-state index in [0.717, 1.165) is 13.0 Å². The van der Waals surface area contributed by atoms with Crippen molar-refractivity contribution >= 4 is 10.9 Å². The molecule has 0 saturated heterocycles. The predicted octanol–water partition coefficient (Wildman–Crippen LogP) is 4.47. The summed E-state index contributed by atoms with van der Waals surface area (Å²) in [5, 5.41) is 10.8. The van der Waals surface area contributed by atoms with Gasteiger partial charge in [-0.2, -0.15) is 4.57 Å². The van der Waals surface area contributed by atoms with Gasteiger partial charge in [-0.05, 0) is 29.8 Å². The van der Waals surface area contributed by atoms with E-state index in [1.54, 1.807) is 12.1 Å². The summed E-state index contributed by atoms with van der Waals surface area (Å²) in [4.78, 5) is 0. The fraction of sp³-hybridized carbons (Fsp3) is 0.0870. The molecular weight excluding hydrogens is 306 g/mol. The summed E-state index contributed by atoms with van der Waals surface area (Å²) < 4.78 is 2.39. The molecule has 0 saturated carbocycles. The number of benzene rings is 3. The topological polar surface area (TPSA) is 24.1 Å². The summed E-state index contributed by atoms with van der Waals surface area (Å²) in [6, 6.07) is 30.9. The minimum Gasteiger partial charge on any atom is -0.508 e. The second-order valence-electron chi connectivity index (χ2n) is 6.30. The lowest BCUT2D eigenvalue weighted by atomic mass is 10.1. The molecule has 0 spiro atoms. The summed E-state index contributed by atoms with van der Waals surface area (Å²) in [6.07, 6.45) is 0.831. The van der Waals surface area contributed by atoms with Gasteiger partial charge in [0.25, 0.3) is 0 Å². The number of hydrogen-bond donors (Lipinski definition) is 1. The Bertz CT molecular complexity index is 991. The van der Waals surface area contributed by atoms with Gasteiger partial charge in [0.05, 0.1) is 6.42 Å². The highest BCUT2D eigenvalue weighted by atomic mass is 16.3. The van der Waals surface area contributed by atoms with Gasteiger partial charge in [-0.1, -0.05) is 54.6 Å². The summed E-state index contributed by atoms with van der Waals surface area (Å²) >= 11 is 0. The van der Waals surface area contributed by atoms with Crippen molar-refractivity contribution in [2.24, 2.45) is 0 Å². The van der Waals surface area contributed by atoms with Crippen molar-refractivity contribution < 1.29 is 9.67 Å². The monoisotopic (exact) mass is 326 g/mol. The van der Waals surface area contributed by atoms with Crippen LogP contribution < -0.4 is 4.57 Å². The molecule has 4 aromatic rings. The fourth-order valence-corrected chi connectivity index (χ4v) is 3.23. The first-order valence-electron chi connectivity index (χ1n) is 8.52. The molecule has 0 fully saturated rings. The van der Waals surface area contributed by atoms with Crippen molar-refractivity contribution in [3.63, 3.8) is 0 Å². The lowest BCUT2D eigenvalue weighted by molar-refractivity contribution is -0.669. The molecule has 1 heterocycles. The standard InChI is InChI=1S/C23H19NO/c25-22-14-10-18(11-15-22)16-21-13-12-20-8-4-5-9-23(20)24(21)17-19-6-2-1-3-7-19/h1-15H,16-17H2/p+1. The minimum atomic E-state index is 0.305. The molecule has 0 aliphatic carbocycles. The zero-order valence-electron chi connectivity index (χ0n) is 14.0. The first kappa shape index (κ1) is 15.4. The maximum Gasteiger partial charge on any atom is 0.212 e. The van der Waals surface area contributed by atoms with Crippen LogP contribution in [0.15, 0.2) is 91.0 Å². The smallest absolute Gasteiger partial charge is 0.212 e. The van der Waals surface area contributed by atoms with Gasteiger partial charge in [0, 0.05) is 23.1 Å². The zero-order chi connectivity index (χ0) is 17.1. The van der Waals surface area contributed by atoms with E-state index in [2.05, 4.69) is 71.3 Å². The van der Waals surface area contributed by atoms with Crippen molar-refractivity contribution in [2.45, 2.75) is 13.0 Å². The van der Waals surface area contributed by atoms with Crippen LogP contribution in [0.25, 0.3) is 10.9 Å². The Labute approximate surface area is 147 Å². The highest BCUT2D eigenvalue weighted by Crippen LogP contribution is 2.16. The Balaban J connectivity index is 1.79. The Hall–Kier alpha value is -3.13. The molecule has 1 aromatic heterocycles. The maximum absolute atomic E-state index is 9.51. The van der Waals surface area contributed by atoms with Crippen molar-refractivity contribution in [3.05, 3.63) is 108 Å². The molecule has 0 unspecified atom stereocenters. The van der Waals surface area contributed by atoms with Gasteiger partial charge in [0.1, 0.15) is 5.75 Å². The molecule has 1 N–H and O–H groups in total. The second-order valence-corrected chi connectivity index (χ2v) is 6.30. The molecule has 2 heteroatoms. The molecule has 0 aliphatic heterocycles. The van der Waals surface area contributed by atoms with Crippen LogP contribution in [0.3, 0.4) is 0 Å². The Kier molecular flexibility index (Phi) is 4.17. The Morgan fingerprint density at radius 3 is 2.16 bits per heavy atom. The highest BCUT2D eigenvalue weighted by Gasteiger charge is 2.16. The van der Waals surface area contributed by atoms with Crippen molar-refractivity contribution in [1.82, 2.24) is 0 Å². The van der Waals surface area contributed by atoms with E-state index in [1.807, 2.05) is 12.1 Å². The molecule has 0 amide bonds. The van der Waals surface area contributed by atoms with Crippen LogP contribution in [-0.2, 0) is 13.0 Å². The fourth-order valence-electron chi connectivity index (χ4n) is 3.23. The van der Waals surface area contributed by atoms with E-state index in [1.165, 1.54) is 27.7 Å². The quantitative estimate of drug-likeness (QED) is 0.550. The van der Waals surface area contributed by atoms with E-state index in [-0.39, 0.29) is 0 Å². The molecule has 122 valence electrons. The summed E-state index contributed by atoms with van der Waals surface area (Å²) in [7, 11) is 0. The summed E-state index contributed by atoms with van der Waals surface area (Å²) in [5.41, 5.74) is 4.97. The second kappa shape index (κ2) is 6.78. The Morgan fingerprint density at radius 2 is 1.36 bits per heavy atom. The van der Waals surface area contributed by atoms with Gasteiger partial charge in [-0.25, -0.2) is 0 Å². The van der Waals surface area contributed by atoms with E-state index in [4.69, 9.17) is 0 Å². The maximum atomic E-state index is 9.51. The number of hydrogen-bond acceptors (Lipinski definition) is 1. The third-order valence-corrected chi connectivity index (χ3v) is 4.53. The zero-order valence-corrected chi connectivity index (χ0v) is 14.0. The van der Waals surface area contributed by atoms with E-state index in [0.29, 0.717) is 5.75 Å². The molecule has 3 aromatic carbocycles. The molecule has 25 heavy (non-hydrogen) atoms. The SMILES string of the molecule is Oc1ccc(Cc2ccc3ccccc3[n+]2Cc2ccccc2)cc1. The molecular formula is C23H20NO+. The van der Waals surface area contributed by atoms with E-state index >= 15 is 0 Å². The van der Waals surface area contributed by atoms with Crippen LogP contribution in [0.4, 0.5) is 0 Å². The van der Waals surface area contributed by atoms with E-state index < -0.39 is 0 Å². The molecule has 0 bridgehead atoms. The number of aromatic nitrogens is 1. The highest BCUT2D eigenvalue weighted by molar-refractivity contribution is 5.75. The number of fused-ring (bicyclic) bond motifs is 1. The largest absolute Gasteiger partial charge is 0.508 e. The molecule has 2 nitrogen and oxygen atoms in total. The molecule has 0 radical (unpaired) electrons. The van der Waals surface area contributed by atoms with Gasteiger partial charge < -0.3 is 5.11 Å². The first-order valence-corrected chi connectivity index (χ1v) is 8.52. The van der Waals surface area contributed by atoms with Crippen LogP contribution in [0, 0.1) is 0 Å². The lowest BCUT2D eigenvalue weighted by Crippen LogP contribution is -2.40. The average molecular weight is 326 g/mol. The molecule has 0 aliphatic rings. The van der Waals surface area contributed by atoms with Crippen LogP contribution in [0.1, 0.15) is 16.8 Å². The third kappa shape index (κ3) is 3.38. The number of rotatable bonds is 4. The average Bonchev–Trinajstić information content (AvgIpc) is 2.66. The van der Waals surface area contributed by atoms with Crippen LogP contribution >= 0.6 is 0 Å². The van der Waals surface area contributed by atoms with Gasteiger partial charge >= 0.3 is 0 Å². The first-order chi connectivity index (χ1) is 12.3. The third-order valence-electron chi connectivity index (χ3n) is 4.53. The van der Waals surface area contributed by atoms with Crippen molar-refractivity contribution in [1.29, 1.82) is 0 Å². The number of para-hydroxylation sites is 1. The number of phenols is 1.